The Morgan fingerprint density at radius 3 is 2.80 bits per heavy atom. The van der Waals surface area contributed by atoms with Crippen LogP contribution in [-0.4, -0.2) is 49.6 Å². The zero-order valence-corrected chi connectivity index (χ0v) is 13.5. The van der Waals surface area contributed by atoms with Gasteiger partial charge in [-0.05, 0) is 31.9 Å². The third-order valence-corrected chi connectivity index (χ3v) is 4.30. The fraction of sp³-hybridized carbons (Fsp3) is 0.714. The lowest BCUT2D eigenvalue weighted by Gasteiger charge is -2.30. The maximum Gasteiger partial charge on any atom is 0.191 e. The largest absolute Gasteiger partial charge is 0.383 e. The Labute approximate surface area is 125 Å². The lowest BCUT2D eigenvalue weighted by Crippen LogP contribution is -2.38. The summed E-state index contributed by atoms with van der Waals surface area (Å²) in [6.07, 6.45) is 4.65. The number of methoxy groups -OCH3 is 1. The van der Waals surface area contributed by atoms with Crippen LogP contribution < -0.4 is 10.2 Å². The van der Waals surface area contributed by atoms with Gasteiger partial charge in [-0.15, -0.1) is 0 Å². The van der Waals surface area contributed by atoms with Gasteiger partial charge in [0.1, 0.15) is 11.6 Å². The van der Waals surface area contributed by atoms with E-state index >= 15 is 0 Å². The van der Waals surface area contributed by atoms with Gasteiger partial charge in [0, 0.05) is 32.8 Å². The Bertz CT molecular complexity index is 417. The molecule has 20 heavy (non-hydrogen) atoms. The van der Waals surface area contributed by atoms with Crippen molar-refractivity contribution < 1.29 is 4.74 Å². The number of hydrogen-bond acceptors (Lipinski definition) is 6. The van der Waals surface area contributed by atoms with Crippen LogP contribution in [0.5, 0.6) is 0 Å². The van der Waals surface area contributed by atoms with Crippen molar-refractivity contribution in [3.05, 3.63) is 6.07 Å². The number of ether oxygens (including phenoxy) is 1. The number of aromatic nitrogens is 2. The van der Waals surface area contributed by atoms with Crippen LogP contribution >= 0.6 is 11.8 Å². The molecule has 5 nitrogen and oxygen atoms in total. The second-order valence-corrected chi connectivity index (χ2v) is 5.89. The average molecular weight is 296 g/mol. The molecule has 1 unspecified atom stereocenters. The maximum atomic E-state index is 5.25. The van der Waals surface area contributed by atoms with Crippen molar-refractivity contribution in [3.63, 3.8) is 0 Å². The van der Waals surface area contributed by atoms with Crippen LogP contribution in [0, 0.1) is 5.92 Å². The lowest BCUT2D eigenvalue weighted by atomic mass is 10.2. The molecule has 1 N–H and O–H groups in total. The molecular weight excluding hydrogens is 272 g/mol. The molecule has 0 spiro atoms. The highest BCUT2D eigenvalue weighted by molar-refractivity contribution is 7.98. The Morgan fingerprint density at radius 2 is 2.25 bits per heavy atom. The number of nitrogens with one attached hydrogen (secondary N) is 1. The second kappa shape index (κ2) is 7.13. The van der Waals surface area contributed by atoms with Crippen LogP contribution in [0.4, 0.5) is 11.6 Å². The first kappa shape index (κ1) is 15.4. The van der Waals surface area contributed by atoms with Gasteiger partial charge < -0.3 is 15.0 Å². The number of nitrogens with zero attached hydrogens (tertiary/aromatic N) is 3. The summed E-state index contributed by atoms with van der Waals surface area (Å²) in [5.41, 5.74) is 0. The fourth-order valence-corrected chi connectivity index (χ4v) is 2.70. The van der Waals surface area contributed by atoms with Crippen LogP contribution in [-0.2, 0) is 4.74 Å². The van der Waals surface area contributed by atoms with E-state index in [-0.39, 0.29) is 0 Å². The van der Waals surface area contributed by atoms with Gasteiger partial charge in [-0.1, -0.05) is 11.8 Å². The molecule has 0 saturated heterocycles. The fourth-order valence-electron chi connectivity index (χ4n) is 2.33. The van der Waals surface area contributed by atoms with Gasteiger partial charge in [-0.25, -0.2) is 9.97 Å². The monoisotopic (exact) mass is 296 g/mol. The van der Waals surface area contributed by atoms with Crippen LogP contribution in [0.1, 0.15) is 19.8 Å². The highest BCUT2D eigenvalue weighted by Crippen LogP contribution is 2.36. The Hall–Kier alpha value is -1.01. The van der Waals surface area contributed by atoms with Gasteiger partial charge in [0.15, 0.2) is 5.16 Å². The van der Waals surface area contributed by atoms with Crippen molar-refractivity contribution in [1.29, 1.82) is 0 Å². The van der Waals surface area contributed by atoms with Crippen molar-refractivity contribution in [2.75, 3.05) is 43.8 Å². The summed E-state index contributed by atoms with van der Waals surface area (Å²) in [7, 11) is 3.63. The van der Waals surface area contributed by atoms with Gasteiger partial charge in [-0.2, -0.15) is 0 Å². The number of rotatable bonds is 8. The summed E-state index contributed by atoms with van der Waals surface area (Å²) in [6.45, 7) is 3.86. The SMILES string of the molecule is CNc1cc(N(CCOC)C(C)C2CC2)nc(SC)n1. The van der Waals surface area contributed by atoms with Crippen molar-refractivity contribution in [3.8, 4) is 0 Å². The Balaban J connectivity index is 2.25. The molecule has 0 aliphatic heterocycles. The van der Waals surface area contributed by atoms with E-state index in [1.165, 1.54) is 12.8 Å². The topological polar surface area (TPSA) is 50.3 Å². The smallest absolute Gasteiger partial charge is 0.191 e. The molecule has 0 aromatic carbocycles. The van der Waals surface area contributed by atoms with E-state index in [1.54, 1.807) is 18.9 Å². The highest BCUT2D eigenvalue weighted by Gasteiger charge is 2.32. The van der Waals surface area contributed by atoms with Gasteiger partial charge in [0.05, 0.1) is 6.61 Å². The lowest BCUT2D eigenvalue weighted by molar-refractivity contribution is 0.202. The molecule has 6 heteroatoms. The minimum atomic E-state index is 0.500. The molecular formula is C14H24N4OS. The summed E-state index contributed by atoms with van der Waals surface area (Å²) in [5, 5.41) is 3.92. The van der Waals surface area contributed by atoms with Crippen LogP contribution in [0.25, 0.3) is 0 Å². The molecule has 2 rings (SSSR count). The first-order valence-electron chi connectivity index (χ1n) is 7.06. The summed E-state index contributed by atoms with van der Waals surface area (Å²) >= 11 is 1.57. The van der Waals surface area contributed by atoms with Crippen molar-refractivity contribution in [2.45, 2.75) is 31.0 Å². The van der Waals surface area contributed by atoms with Crippen LogP contribution in [0.15, 0.2) is 11.2 Å². The van der Waals surface area contributed by atoms with Gasteiger partial charge in [0.25, 0.3) is 0 Å². The molecule has 1 atom stereocenters. The molecule has 0 bridgehead atoms. The first-order chi connectivity index (χ1) is 9.69. The zero-order chi connectivity index (χ0) is 14.5. The third-order valence-electron chi connectivity index (χ3n) is 3.76. The molecule has 1 aliphatic rings. The van der Waals surface area contributed by atoms with Gasteiger partial charge in [0.2, 0.25) is 0 Å². The van der Waals surface area contributed by atoms with E-state index in [0.717, 1.165) is 29.3 Å². The molecule has 112 valence electrons. The molecule has 1 aromatic heterocycles. The van der Waals surface area contributed by atoms with E-state index < -0.39 is 0 Å². The molecule has 1 aliphatic carbocycles. The maximum absolute atomic E-state index is 5.25. The van der Waals surface area contributed by atoms with Crippen molar-refractivity contribution >= 4 is 23.4 Å². The van der Waals surface area contributed by atoms with Gasteiger partial charge in [-0.3, -0.25) is 0 Å². The first-order valence-corrected chi connectivity index (χ1v) is 8.28. The Kier molecular flexibility index (Phi) is 5.48. The number of thioether (sulfide) groups is 1. The van der Waals surface area contributed by atoms with Crippen LogP contribution in [0.2, 0.25) is 0 Å². The molecule has 0 amide bonds. The molecule has 1 saturated carbocycles. The van der Waals surface area contributed by atoms with E-state index in [0.29, 0.717) is 12.6 Å². The normalized spacial score (nSPS) is 16.0. The highest BCUT2D eigenvalue weighted by atomic mass is 32.2. The third kappa shape index (κ3) is 3.76. The minimum Gasteiger partial charge on any atom is -0.383 e. The molecule has 1 aromatic rings. The van der Waals surface area contributed by atoms with E-state index in [1.807, 2.05) is 19.4 Å². The second-order valence-electron chi connectivity index (χ2n) is 5.11. The summed E-state index contributed by atoms with van der Waals surface area (Å²) in [6, 6.07) is 2.52. The summed E-state index contributed by atoms with van der Waals surface area (Å²) in [5.74, 6) is 2.65. The predicted molar refractivity (Wildman–Crippen MR) is 84.8 cm³/mol. The quantitative estimate of drug-likeness (QED) is 0.587. The average Bonchev–Trinajstić information content (AvgIpc) is 3.31. The number of anilines is 2. The molecule has 1 heterocycles. The summed E-state index contributed by atoms with van der Waals surface area (Å²) in [4.78, 5) is 11.5. The predicted octanol–water partition coefficient (Wildman–Crippen LogP) is 2.49. The molecule has 0 radical (unpaired) electrons. The van der Waals surface area contributed by atoms with E-state index in [9.17, 15) is 0 Å². The zero-order valence-electron chi connectivity index (χ0n) is 12.7. The van der Waals surface area contributed by atoms with E-state index in [4.69, 9.17) is 4.74 Å². The van der Waals surface area contributed by atoms with E-state index in [2.05, 4.69) is 27.1 Å². The summed E-state index contributed by atoms with van der Waals surface area (Å²) < 4.78 is 5.25. The number of hydrogen-bond donors (Lipinski definition) is 1. The van der Waals surface area contributed by atoms with Gasteiger partial charge >= 0.3 is 0 Å². The Morgan fingerprint density at radius 1 is 1.50 bits per heavy atom. The molecule has 1 fully saturated rings. The van der Waals surface area contributed by atoms with Crippen molar-refractivity contribution in [1.82, 2.24) is 9.97 Å². The standard InChI is InChI=1S/C14H24N4OS/c1-10(11-5-6-11)18(7-8-19-3)13-9-12(15-2)16-14(17-13)20-4/h9-11H,5-8H2,1-4H3,(H,15,16,17). The van der Waals surface area contributed by atoms with Crippen LogP contribution in [0.3, 0.4) is 0 Å². The minimum absolute atomic E-state index is 0.500. The van der Waals surface area contributed by atoms with Crippen molar-refractivity contribution in [2.24, 2.45) is 5.92 Å².